The van der Waals surface area contributed by atoms with Gasteiger partial charge in [-0.25, -0.2) is 8.42 Å². The van der Waals surface area contributed by atoms with Crippen molar-refractivity contribution in [3.8, 4) is 5.75 Å². The van der Waals surface area contributed by atoms with E-state index >= 15 is 0 Å². The molecular weight excluding hydrogens is 254 g/mol. The van der Waals surface area contributed by atoms with Crippen LogP contribution in [0.2, 0.25) is 0 Å². The number of aliphatic hydroxyl groups is 1. The first-order valence-corrected chi connectivity index (χ1v) is 7.40. The number of hydrogen-bond acceptors (Lipinski definition) is 5. The van der Waals surface area contributed by atoms with Gasteiger partial charge in [0.2, 0.25) is 0 Å². The van der Waals surface area contributed by atoms with Gasteiger partial charge in [0.25, 0.3) is 0 Å². The Labute approximate surface area is 108 Å². The Morgan fingerprint density at radius 1 is 1.33 bits per heavy atom. The average molecular weight is 273 g/mol. The van der Waals surface area contributed by atoms with E-state index in [0.717, 1.165) is 0 Å². The number of sulfone groups is 1. The number of benzene rings is 1. The Balaban J connectivity index is 2.73. The zero-order valence-corrected chi connectivity index (χ0v) is 11.4. The Bertz CT molecular complexity index is 455. The van der Waals surface area contributed by atoms with Crippen LogP contribution in [0, 0.1) is 0 Å². The molecule has 0 aliphatic carbocycles. The molecule has 2 N–H and O–H groups in total. The maximum absolute atomic E-state index is 12.0. The van der Waals surface area contributed by atoms with Crippen molar-refractivity contribution in [1.29, 1.82) is 0 Å². The number of likely N-dealkylation sites (N-methyl/N-ethyl adjacent to an activating group) is 1. The van der Waals surface area contributed by atoms with Crippen molar-refractivity contribution in [2.24, 2.45) is 0 Å². The monoisotopic (exact) mass is 273 g/mol. The van der Waals surface area contributed by atoms with Crippen molar-refractivity contribution in [3.63, 3.8) is 0 Å². The molecule has 0 aromatic heterocycles. The van der Waals surface area contributed by atoms with Gasteiger partial charge in [-0.05, 0) is 30.8 Å². The van der Waals surface area contributed by atoms with Crippen LogP contribution in [0.1, 0.15) is 6.92 Å². The first-order valence-electron chi connectivity index (χ1n) is 5.75. The highest BCUT2D eigenvalue weighted by Crippen LogP contribution is 2.17. The molecule has 0 saturated carbocycles. The molecule has 5 nitrogen and oxygen atoms in total. The molecule has 1 aromatic rings. The van der Waals surface area contributed by atoms with E-state index in [0.29, 0.717) is 12.3 Å². The minimum Gasteiger partial charge on any atom is -0.497 e. The molecule has 18 heavy (non-hydrogen) atoms. The highest BCUT2D eigenvalue weighted by atomic mass is 32.2. The van der Waals surface area contributed by atoms with Crippen molar-refractivity contribution < 1.29 is 18.3 Å². The molecule has 1 aromatic carbocycles. The summed E-state index contributed by atoms with van der Waals surface area (Å²) in [5.74, 6) is 0.314. The third kappa shape index (κ3) is 4.29. The first-order chi connectivity index (χ1) is 8.49. The smallest absolute Gasteiger partial charge is 0.180 e. The molecule has 0 saturated heterocycles. The Morgan fingerprint density at radius 3 is 2.44 bits per heavy atom. The maximum atomic E-state index is 12.0. The van der Waals surface area contributed by atoms with Gasteiger partial charge >= 0.3 is 0 Å². The summed E-state index contributed by atoms with van der Waals surface area (Å²) in [6.07, 6.45) is -0.906. The lowest BCUT2D eigenvalue weighted by molar-refractivity contribution is 0.194. The summed E-state index contributed by atoms with van der Waals surface area (Å²) in [6, 6.07) is 6.13. The van der Waals surface area contributed by atoms with Crippen molar-refractivity contribution in [3.05, 3.63) is 24.3 Å². The SMILES string of the molecule is CCNCC(O)CS(=O)(=O)c1ccc(OC)cc1. The molecule has 0 bridgehead atoms. The minimum atomic E-state index is -3.46. The molecule has 1 unspecified atom stereocenters. The second-order valence-electron chi connectivity index (χ2n) is 3.92. The Hall–Kier alpha value is -1.11. The van der Waals surface area contributed by atoms with Crippen molar-refractivity contribution in [1.82, 2.24) is 5.32 Å². The molecule has 0 amide bonds. The van der Waals surface area contributed by atoms with E-state index in [1.165, 1.54) is 19.2 Å². The average Bonchev–Trinajstić information content (AvgIpc) is 2.36. The van der Waals surface area contributed by atoms with Crippen LogP contribution >= 0.6 is 0 Å². The summed E-state index contributed by atoms with van der Waals surface area (Å²) in [6.45, 7) is 2.86. The minimum absolute atomic E-state index is 0.193. The molecule has 0 spiro atoms. The lowest BCUT2D eigenvalue weighted by Gasteiger charge is -2.11. The molecule has 6 heteroatoms. The van der Waals surface area contributed by atoms with Crippen LogP contribution < -0.4 is 10.1 Å². The Morgan fingerprint density at radius 2 is 1.94 bits per heavy atom. The zero-order valence-electron chi connectivity index (χ0n) is 10.6. The fourth-order valence-electron chi connectivity index (χ4n) is 1.50. The molecule has 0 heterocycles. The van der Waals surface area contributed by atoms with Gasteiger partial charge in [0.15, 0.2) is 9.84 Å². The Kier molecular flexibility index (Phi) is 5.58. The van der Waals surface area contributed by atoms with Crippen LogP contribution in [-0.4, -0.2) is 45.6 Å². The predicted octanol–water partition coefficient (Wildman–Crippen LogP) is 0.439. The van der Waals surface area contributed by atoms with Crippen molar-refractivity contribution in [2.75, 3.05) is 26.0 Å². The standard InChI is InChI=1S/C12H19NO4S/c1-3-13-8-10(14)9-18(15,16)12-6-4-11(17-2)5-7-12/h4-7,10,13-14H,3,8-9H2,1-2H3. The molecule has 0 aliphatic rings. The van der Waals surface area contributed by atoms with Gasteiger partial charge in [0.05, 0.1) is 23.9 Å². The van der Waals surface area contributed by atoms with Gasteiger partial charge in [-0.2, -0.15) is 0 Å². The van der Waals surface area contributed by atoms with E-state index in [-0.39, 0.29) is 17.2 Å². The van der Waals surface area contributed by atoms with Crippen LogP contribution in [0.3, 0.4) is 0 Å². The third-order valence-corrected chi connectivity index (χ3v) is 4.27. The van der Waals surface area contributed by atoms with Gasteiger partial charge < -0.3 is 15.2 Å². The largest absolute Gasteiger partial charge is 0.497 e. The van der Waals surface area contributed by atoms with Gasteiger partial charge in [-0.3, -0.25) is 0 Å². The normalized spacial score (nSPS) is 13.3. The van der Waals surface area contributed by atoms with Crippen molar-refractivity contribution >= 4 is 9.84 Å². The number of hydrogen-bond donors (Lipinski definition) is 2. The fourth-order valence-corrected chi connectivity index (χ4v) is 2.87. The van der Waals surface area contributed by atoms with Crippen LogP contribution in [-0.2, 0) is 9.84 Å². The topological polar surface area (TPSA) is 75.6 Å². The molecule has 0 radical (unpaired) electrons. The quantitative estimate of drug-likeness (QED) is 0.754. The lowest BCUT2D eigenvalue weighted by Crippen LogP contribution is -2.32. The van der Waals surface area contributed by atoms with Crippen LogP contribution in [0.5, 0.6) is 5.75 Å². The second-order valence-corrected chi connectivity index (χ2v) is 5.95. The summed E-state index contributed by atoms with van der Waals surface area (Å²) in [5, 5.41) is 12.5. The van der Waals surface area contributed by atoms with E-state index < -0.39 is 15.9 Å². The summed E-state index contributed by atoms with van der Waals surface area (Å²) in [7, 11) is -1.94. The van der Waals surface area contributed by atoms with Crippen LogP contribution in [0.4, 0.5) is 0 Å². The second kappa shape index (κ2) is 6.72. The first kappa shape index (κ1) is 14.9. The number of nitrogens with one attached hydrogen (secondary N) is 1. The molecule has 0 fully saturated rings. The predicted molar refractivity (Wildman–Crippen MR) is 69.6 cm³/mol. The molecule has 0 aliphatic heterocycles. The van der Waals surface area contributed by atoms with Gasteiger partial charge in [-0.1, -0.05) is 6.92 Å². The molecule has 102 valence electrons. The number of ether oxygens (including phenoxy) is 1. The van der Waals surface area contributed by atoms with E-state index in [9.17, 15) is 13.5 Å². The van der Waals surface area contributed by atoms with E-state index in [1.807, 2.05) is 6.92 Å². The van der Waals surface area contributed by atoms with Gasteiger partial charge in [0.1, 0.15) is 5.75 Å². The number of rotatable bonds is 7. The maximum Gasteiger partial charge on any atom is 0.180 e. The number of aliphatic hydroxyl groups excluding tert-OH is 1. The third-order valence-electron chi connectivity index (χ3n) is 2.46. The highest BCUT2D eigenvalue weighted by Gasteiger charge is 2.19. The van der Waals surface area contributed by atoms with Crippen LogP contribution in [0.15, 0.2) is 29.2 Å². The summed E-state index contributed by atoms with van der Waals surface area (Å²) < 4.78 is 28.9. The fraction of sp³-hybridized carbons (Fsp3) is 0.500. The summed E-state index contributed by atoms with van der Waals surface area (Å²) >= 11 is 0. The lowest BCUT2D eigenvalue weighted by atomic mass is 10.3. The van der Waals surface area contributed by atoms with Gasteiger partial charge in [-0.15, -0.1) is 0 Å². The highest BCUT2D eigenvalue weighted by molar-refractivity contribution is 7.91. The zero-order chi connectivity index (χ0) is 13.6. The molecule has 1 rings (SSSR count). The summed E-state index contributed by atoms with van der Waals surface area (Å²) in [5.41, 5.74) is 0. The number of methoxy groups -OCH3 is 1. The molecular formula is C12H19NO4S. The van der Waals surface area contributed by atoms with E-state index in [4.69, 9.17) is 4.74 Å². The van der Waals surface area contributed by atoms with Gasteiger partial charge in [0, 0.05) is 6.54 Å². The van der Waals surface area contributed by atoms with Crippen molar-refractivity contribution in [2.45, 2.75) is 17.9 Å². The van der Waals surface area contributed by atoms with E-state index in [2.05, 4.69) is 5.32 Å². The summed E-state index contributed by atoms with van der Waals surface area (Å²) in [4.78, 5) is 0.193. The van der Waals surface area contributed by atoms with E-state index in [1.54, 1.807) is 12.1 Å². The molecule has 1 atom stereocenters. The van der Waals surface area contributed by atoms with Crippen LogP contribution in [0.25, 0.3) is 0 Å².